The fourth-order valence-corrected chi connectivity index (χ4v) is 2.95. The van der Waals surface area contributed by atoms with E-state index < -0.39 is 0 Å². The molecule has 1 aliphatic rings. The van der Waals surface area contributed by atoms with Crippen molar-refractivity contribution in [3.8, 4) is 0 Å². The Balaban J connectivity index is 1.74. The van der Waals surface area contributed by atoms with E-state index in [4.69, 9.17) is 11.6 Å². The van der Waals surface area contributed by atoms with E-state index >= 15 is 0 Å². The van der Waals surface area contributed by atoms with E-state index in [-0.39, 0.29) is 6.10 Å². The molecular weight excluding hydrogens is 258 g/mol. The second kappa shape index (κ2) is 7.28. The Kier molecular flexibility index (Phi) is 5.68. The second-order valence-electron chi connectivity index (χ2n) is 5.75. The molecule has 0 bridgehead atoms. The molecule has 2 nitrogen and oxygen atoms in total. The van der Waals surface area contributed by atoms with E-state index in [0.29, 0.717) is 12.0 Å². The van der Waals surface area contributed by atoms with Crippen LogP contribution < -0.4 is 5.32 Å². The molecule has 0 aliphatic heterocycles. The average Bonchev–Trinajstić information content (AvgIpc) is 2.40. The molecule has 0 spiro atoms. The van der Waals surface area contributed by atoms with E-state index in [9.17, 15) is 5.11 Å². The smallest absolute Gasteiger partial charge is 0.0580 e. The Morgan fingerprint density at radius 1 is 1.26 bits per heavy atom. The average molecular weight is 282 g/mol. The third kappa shape index (κ3) is 4.79. The summed E-state index contributed by atoms with van der Waals surface area (Å²) in [5, 5.41) is 14.3. The molecule has 19 heavy (non-hydrogen) atoms. The summed E-state index contributed by atoms with van der Waals surface area (Å²) in [5.41, 5.74) is 1.30. The number of rotatable bonds is 5. The maximum absolute atomic E-state index is 9.95. The maximum atomic E-state index is 9.95. The topological polar surface area (TPSA) is 32.3 Å². The van der Waals surface area contributed by atoms with Crippen molar-refractivity contribution in [1.82, 2.24) is 5.32 Å². The fourth-order valence-electron chi connectivity index (χ4n) is 2.82. The third-order valence-electron chi connectivity index (χ3n) is 4.05. The third-order valence-corrected chi connectivity index (χ3v) is 4.30. The van der Waals surface area contributed by atoms with Gasteiger partial charge in [-0.1, -0.05) is 36.6 Å². The summed E-state index contributed by atoms with van der Waals surface area (Å²) in [7, 11) is 0. The summed E-state index contributed by atoms with van der Waals surface area (Å²) < 4.78 is 0. The monoisotopic (exact) mass is 281 g/mol. The van der Waals surface area contributed by atoms with Crippen molar-refractivity contribution in [1.29, 1.82) is 0 Å². The zero-order valence-electron chi connectivity index (χ0n) is 11.6. The maximum Gasteiger partial charge on any atom is 0.0580 e. The minimum atomic E-state index is -0.107. The Morgan fingerprint density at radius 2 is 1.95 bits per heavy atom. The molecule has 2 rings (SSSR count). The van der Waals surface area contributed by atoms with Crippen LogP contribution in [0.5, 0.6) is 0 Å². The van der Waals surface area contributed by atoms with Gasteiger partial charge in [0.1, 0.15) is 0 Å². The molecule has 3 unspecified atom stereocenters. The molecule has 1 saturated carbocycles. The largest absolute Gasteiger partial charge is 0.393 e. The van der Waals surface area contributed by atoms with Crippen LogP contribution in [-0.4, -0.2) is 23.8 Å². The molecule has 0 saturated heterocycles. The minimum Gasteiger partial charge on any atom is -0.393 e. The molecule has 106 valence electrons. The van der Waals surface area contributed by atoms with E-state index in [0.717, 1.165) is 30.8 Å². The summed E-state index contributed by atoms with van der Waals surface area (Å²) in [5.74, 6) is 0.432. The molecule has 0 aromatic heterocycles. The fraction of sp³-hybridized carbons (Fsp3) is 0.625. The summed E-state index contributed by atoms with van der Waals surface area (Å²) in [6, 6.07) is 8.46. The van der Waals surface area contributed by atoms with Crippen LogP contribution in [0.1, 0.15) is 38.2 Å². The summed E-state index contributed by atoms with van der Waals surface area (Å²) in [4.78, 5) is 0. The van der Waals surface area contributed by atoms with Crippen molar-refractivity contribution in [3.05, 3.63) is 34.9 Å². The van der Waals surface area contributed by atoms with Gasteiger partial charge < -0.3 is 10.4 Å². The molecule has 1 aliphatic carbocycles. The number of hydrogen-bond acceptors (Lipinski definition) is 2. The van der Waals surface area contributed by atoms with Crippen LogP contribution >= 0.6 is 11.6 Å². The van der Waals surface area contributed by atoms with Crippen LogP contribution in [-0.2, 0) is 6.42 Å². The normalized spacial score (nSPS) is 25.2. The lowest BCUT2D eigenvalue weighted by Crippen LogP contribution is -2.38. The number of hydrogen-bond donors (Lipinski definition) is 2. The molecule has 0 amide bonds. The lowest BCUT2D eigenvalue weighted by Gasteiger charge is -2.29. The van der Waals surface area contributed by atoms with Gasteiger partial charge in [0, 0.05) is 17.6 Å². The van der Waals surface area contributed by atoms with Gasteiger partial charge in [-0.15, -0.1) is 0 Å². The van der Waals surface area contributed by atoms with Crippen molar-refractivity contribution in [2.24, 2.45) is 5.92 Å². The van der Waals surface area contributed by atoms with Crippen molar-refractivity contribution >= 4 is 11.6 Å². The van der Waals surface area contributed by atoms with Gasteiger partial charge in [0.05, 0.1) is 6.10 Å². The highest BCUT2D eigenvalue weighted by Crippen LogP contribution is 2.23. The van der Waals surface area contributed by atoms with Crippen LogP contribution in [0.15, 0.2) is 24.3 Å². The summed E-state index contributed by atoms with van der Waals surface area (Å²) >= 11 is 5.88. The predicted octanol–water partition coefficient (Wildman–Crippen LogP) is 3.41. The molecule has 1 fully saturated rings. The van der Waals surface area contributed by atoms with Gasteiger partial charge in [-0.05, 0) is 49.8 Å². The summed E-state index contributed by atoms with van der Waals surface area (Å²) in [6.07, 6.45) is 5.45. The number of aliphatic hydroxyl groups is 1. The molecule has 3 atom stereocenters. The number of halogens is 1. The first kappa shape index (κ1) is 14.8. The predicted molar refractivity (Wildman–Crippen MR) is 80.6 cm³/mol. The molecule has 0 heterocycles. The highest BCUT2D eigenvalue weighted by atomic mass is 35.5. The van der Waals surface area contributed by atoms with Gasteiger partial charge in [-0.2, -0.15) is 0 Å². The highest BCUT2D eigenvalue weighted by molar-refractivity contribution is 6.30. The van der Waals surface area contributed by atoms with Crippen LogP contribution in [0.2, 0.25) is 5.02 Å². The van der Waals surface area contributed by atoms with E-state index in [1.54, 1.807) is 0 Å². The van der Waals surface area contributed by atoms with Crippen LogP contribution in [0.25, 0.3) is 0 Å². The molecular formula is C16H24ClNO. The van der Waals surface area contributed by atoms with Gasteiger partial charge in [-0.3, -0.25) is 0 Å². The second-order valence-corrected chi connectivity index (χ2v) is 6.19. The van der Waals surface area contributed by atoms with Crippen molar-refractivity contribution < 1.29 is 5.11 Å². The molecule has 2 N–H and O–H groups in total. The minimum absolute atomic E-state index is 0.107. The zero-order chi connectivity index (χ0) is 13.7. The Hall–Kier alpha value is -0.570. The number of aliphatic hydroxyl groups excluding tert-OH is 1. The Bertz CT molecular complexity index is 379. The Labute approximate surface area is 121 Å². The van der Waals surface area contributed by atoms with Gasteiger partial charge >= 0.3 is 0 Å². The summed E-state index contributed by atoms with van der Waals surface area (Å²) in [6.45, 7) is 3.12. The molecule has 3 heteroatoms. The SMILES string of the molecule is CC(Cc1ccc(Cl)cc1)NCC1CCCCC1O. The van der Waals surface area contributed by atoms with Gasteiger partial charge in [0.25, 0.3) is 0 Å². The van der Waals surface area contributed by atoms with E-state index in [1.807, 2.05) is 12.1 Å². The Morgan fingerprint density at radius 3 is 2.63 bits per heavy atom. The number of benzene rings is 1. The standard InChI is InChI=1S/C16H24ClNO/c1-12(10-13-6-8-15(17)9-7-13)18-11-14-4-2-3-5-16(14)19/h6-9,12,14,16,18-19H,2-5,10-11H2,1H3. The lowest BCUT2D eigenvalue weighted by molar-refractivity contribution is 0.0684. The van der Waals surface area contributed by atoms with Gasteiger partial charge in [0.15, 0.2) is 0 Å². The van der Waals surface area contributed by atoms with Crippen molar-refractivity contribution in [3.63, 3.8) is 0 Å². The van der Waals surface area contributed by atoms with Crippen LogP contribution in [0.4, 0.5) is 0 Å². The first-order valence-corrected chi connectivity index (χ1v) is 7.69. The number of nitrogens with one attached hydrogen (secondary N) is 1. The van der Waals surface area contributed by atoms with Crippen molar-refractivity contribution in [2.45, 2.75) is 51.2 Å². The molecule has 1 aromatic carbocycles. The van der Waals surface area contributed by atoms with Crippen molar-refractivity contribution in [2.75, 3.05) is 6.54 Å². The molecule has 1 aromatic rings. The first-order chi connectivity index (χ1) is 9.15. The zero-order valence-corrected chi connectivity index (χ0v) is 12.4. The van der Waals surface area contributed by atoms with Gasteiger partial charge in [0.2, 0.25) is 0 Å². The van der Waals surface area contributed by atoms with E-state index in [1.165, 1.54) is 18.4 Å². The van der Waals surface area contributed by atoms with Gasteiger partial charge in [-0.25, -0.2) is 0 Å². The highest BCUT2D eigenvalue weighted by Gasteiger charge is 2.22. The van der Waals surface area contributed by atoms with Crippen LogP contribution in [0, 0.1) is 5.92 Å². The lowest BCUT2D eigenvalue weighted by atomic mass is 9.86. The van der Waals surface area contributed by atoms with E-state index in [2.05, 4.69) is 24.4 Å². The first-order valence-electron chi connectivity index (χ1n) is 7.31. The molecule has 0 radical (unpaired) electrons. The quantitative estimate of drug-likeness (QED) is 0.867. The van der Waals surface area contributed by atoms with Crippen LogP contribution in [0.3, 0.4) is 0 Å².